The van der Waals surface area contributed by atoms with Crippen molar-refractivity contribution in [1.82, 2.24) is 14.7 Å². The highest BCUT2D eigenvalue weighted by Crippen LogP contribution is 2.12. The number of nitrogens with one attached hydrogen (secondary N) is 1. The van der Waals surface area contributed by atoms with Gasteiger partial charge in [-0.3, -0.25) is 4.79 Å². The van der Waals surface area contributed by atoms with E-state index in [2.05, 4.69) is 24.1 Å². The Morgan fingerprint density at radius 2 is 2.22 bits per heavy atom. The van der Waals surface area contributed by atoms with Gasteiger partial charge in [-0.15, -0.1) is 0 Å². The second-order valence-corrected chi connectivity index (χ2v) is 4.90. The molecule has 4 nitrogen and oxygen atoms in total. The molecule has 1 N–H and O–H groups in total. The van der Waals surface area contributed by atoms with Crippen molar-refractivity contribution in [3.05, 3.63) is 35.9 Å². The summed E-state index contributed by atoms with van der Waals surface area (Å²) < 4.78 is 1.93. The number of aromatic nitrogens is 2. The lowest BCUT2D eigenvalue weighted by molar-refractivity contribution is 0.0949. The fourth-order valence-corrected chi connectivity index (χ4v) is 1.92. The van der Waals surface area contributed by atoms with Gasteiger partial charge in [-0.1, -0.05) is 19.9 Å². The predicted molar refractivity (Wildman–Crippen MR) is 71.7 cm³/mol. The zero-order valence-electron chi connectivity index (χ0n) is 11.1. The zero-order chi connectivity index (χ0) is 13.1. The maximum absolute atomic E-state index is 12.1. The summed E-state index contributed by atoms with van der Waals surface area (Å²) in [5, 5.41) is 2.92. The molecular formula is C14H19N3O. The summed E-state index contributed by atoms with van der Waals surface area (Å²) in [6.45, 7) is 6.88. The van der Waals surface area contributed by atoms with Gasteiger partial charge in [0.05, 0.1) is 5.52 Å². The molecule has 0 aromatic carbocycles. The van der Waals surface area contributed by atoms with Crippen molar-refractivity contribution < 1.29 is 4.79 Å². The molecule has 0 unspecified atom stereocenters. The van der Waals surface area contributed by atoms with Gasteiger partial charge in [0.2, 0.25) is 0 Å². The standard InChI is InChI=1S/C14H19N3O/c1-10(2)7-8-15-14(18)13-12-6-4-5-9-17(12)11(3)16-13/h4-6,9-10H,7-8H2,1-3H3,(H,15,18). The lowest BCUT2D eigenvalue weighted by Gasteiger charge is -2.05. The second kappa shape index (κ2) is 5.21. The van der Waals surface area contributed by atoms with Crippen LogP contribution in [0, 0.1) is 12.8 Å². The van der Waals surface area contributed by atoms with Crippen LogP contribution >= 0.6 is 0 Å². The SMILES string of the molecule is Cc1nc(C(=O)NCCC(C)C)c2ccccn12. The van der Waals surface area contributed by atoms with Gasteiger partial charge in [0.15, 0.2) is 5.69 Å². The van der Waals surface area contributed by atoms with Crippen LogP contribution in [-0.2, 0) is 0 Å². The number of carbonyl (C=O) groups is 1. The first-order chi connectivity index (χ1) is 8.59. The number of hydrogen-bond acceptors (Lipinski definition) is 2. The van der Waals surface area contributed by atoms with Crippen molar-refractivity contribution in [3.8, 4) is 0 Å². The van der Waals surface area contributed by atoms with Crippen molar-refractivity contribution in [1.29, 1.82) is 0 Å². The third-order valence-electron chi connectivity index (χ3n) is 2.95. The van der Waals surface area contributed by atoms with Crippen molar-refractivity contribution in [3.63, 3.8) is 0 Å². The molecule has 0 saturated carbocycles. The van der Waals surface area contributed by atoms with E-state index in [4.69, 9.17) is 0 Å². The van der Waals surface area contributed by atoms with Crippen LogP contribution in [0.2, 0.25) is 0 Å². The van der Waals surface area contributed by atoms with Gasteiger partial charge in [-0.05, 0) is 31.4 Å². The van der Waals surface area contributed by atoms with Crippen LogP contribution in [0.3, 0.4) is 0 Å². The van der Waals surface area contributed by atoms with Gasteiger partial charge in [0.25, 0.3) is 5.91 Å². The minimum absolute atomic E-state index is 0.0903. The molecule has 2 aromatic rings. The molecule has 0 saturated heterocycles. The minimum Gasteiger partial charge on any atom is -0.351 e. The number of hydrogen-bond donors (Lipinski definition) is 1. The van der Waals surface area contributed by atoms with E-state index in [0.29, 0.717) is 18.2 Å². The molecule has 0 aliphatic heterocycles. The molecule has 0 aliphatic carbocycles. The molecule has 2 rings (SSSR count). The summed E-state index contributed by atoms with van der Waals surface area (Å²) in [4.78, 5) is 16.4. The number of nitrogens with zero attached hydrogens (tertiary/aromatic N) is 2. The van der Waals surface area contributed by atoms with Crippen LogP contribution in [0.1, 0.15) is 36.6 Å². The fourth-order valence-electron chi connectivity index (χ4n) is 1.92. The van der Waals surface area contributed by atoms with E-state index in [1.165, 1.54) is 0 Å². The molecule has 0 bridgehead atoms. The number of amides is 1. The summed E-state index contributed by atoms with van der Waals surface area (Å²) in [7, 11) is 0. The Labute approximate surface area is 107 Å². The van der Waals surface area contributed by atoms with Gasteiger partial charge in [0, 0.05) is 12.7 Å². The van der Waals surface area contributed by atoms with E-state index in [9.17, 15) is 4.79 Å². The first kappa shape index (κ1) is 12.6. The molecule has 0 spiro atoms. The largest absolute Gasteiger partial charge is 0.351 e. The van der Waals surface area contributed by atoms with Gasteiger partial charge < -0.3 is 9.72 Å². The zero-order valence-corrected chi connectivity index (χ0v) is 11.1. The predicted octanol–water partition coefficient (Wildman–Crippen LogP) is 2.42. The molecule has 0 atom stereocenters. The minimum atomic E-state index is -0.0903. The molecule has 0 aliphatic rings. The number of rotatable bonds is 4. The normalized spacial score (nSPS) is 11.1. The van der Waals surface area contributed by atoms with E-state index in [1.54, 1.807) is 0 Å². The van der Waals surface area contributed by atoms with Crippen LogP contribution in [-0.4, -0.2) is 21.8 Å². The average Bonchev–Trinajstić information content (AvgIpc) is 2.67. The topological polar surface area (TPSA) is 46.4 Å². The molecule has 2 heterocycles. The number of aryl methyl sites for hydroxylation is 1. The van der Waals surface area contributed by atoms with E-state index < -0.39 is 0 Å². The van der Waals surface area contributed by atoms with Crippen LogP contribution in [0.5, 0.6) is 0 Å². The first-order valence-electron chi connectivity index (χ1n) is 6.31. The Bertz CT molecular complexity index is 557. The van der Waals surface area contributed by atoms with E-state index in [-0.39, 0.29) is 5.91 Å². The van der Waals surface area contributed by atoms with E-state index in [1.807, 2.05) is 35.7 Å². The molecule has 96 valence electrons. The Balaban J connectivity index is 2.18. The summed E-state index contributed by atoms with van der Waals surface area (Å²) in [6, 6.07) is 5.76. The van der Waals surface area contributed by atoms with Crippen molar-refractivity contribution in [2.45, 2.75) is 27.2 Å². The van der Waals surface area contributed by atoms with E-state index >= 15 is 0 Å². The third-order valence-corrected chi connectivity index (χ3v) is 2.95. The van der Waals surface area contributed by atoms with Crippen molar-refractivity contribution in [2.75, 3.05) is 6.54 Å². The second-order valence-electron chi connectivity index (χ2n) is 4.90. The summed E-state index contributed by atoms with van der Waals surface area (Å²) >= 11 is 0. The summed E-state index contributed by atoms with van der Waals surface area (Å²) in [6.07, 6.45) is 2.90. The first-order valence-corrected chi connectivity index (χ1v) is 6.31. The molecule has 1 amide bonds. The average molecular weight is 245 g/mol. The fraction of sp³-hybridized carbons (Fsp3) is 0.429. The van der Waals surface area contributed by atoms with Gasteiger partial charge in [0.1, 0.15) is 5.82 Å². The number of pyridine rings is 1. The quantitative estimate of drug-likeness (QED) is 0.899. The van der Waals surface area contributed by atoms with E-state index in [0.717, 1.165) is 17.8 Å². The molecule has 0 radical (unpaired) electrons. The number of carbonyl (C=O) groups excluding carboxylic acids is 1. The van der Waals surface area contributed by atoms with Crippen LogP contribution in [0.15, 0.2) is 24.4 Å². The number of fused-ring (bicyclic) bond motifs is 1. The van der Waals surface area contributed by atoms with Crippen LogP contribution in [0.25, 0.3) is 5.52 Å². The Kier molecular flexibility index (Phi) is 3.65. The monoisotopic (exact) mass is 245 g/mol. The Hall–Kier alpha value is -1.84. The lowest BCUT2D eigenvalue weighted by Crippen LogP contribution is -2.25. The van der Waals surface area contributed by atoms with Crippen LogP contribution < -0.4 is 5.32 Å². The molecule has 0 fully saturated rings. The molecule has 2 aromatic heterocycles. The highest BCUT2D eigenvalue weighted by molar-refractivity contribution is 5.99. The third kappa shape index (κ3) is 2.53. The maximum Gasteiger partial charge on any atom is 0.272 e. The Morgan fingerprint density at radius 3 is 2.94 bits per heavy atom. The molecule has 18 heavy (non-hydrogen) atoms. The summed E-state index contributed by atoms with van der Waals surface area (Å²) in [5.41, 5.74) is 1.37. The molecular weight excluding hydrogens is 226 g/mol. The van der Waals surface area contributed by atoms with Crippen LogP contribution in [0.4, 0.5) is 0 Å². The van der Waals surface area contributed by atoms with Gasteiger partial charge in [-0.2, -0.15) is 0 Å². The van der Waals surface area contributed by atoms with Gasteiger partial charge >= 0.3 is 0 Å². The van der Waals surface area contributed by atoms with Gasteiger partial charge in [-0.25, -0.2) is 4.98 Å². The smallest absolute Gasteiger partial charge is 0.272 e. The molecule has 4 heteroatoms. The number of imidazole rings is 1. The highest BCUT2D eigenvalue weighted by Gasteiger charge is 2.14. The Morgan fingerprint density at radius 1 is 1.44 bits per heavy atom. The summed E-state index contributed by atoms with van der Waals surface area (Å²) in [5.74, 6) is 1.33. The van der Waals surface area contributed by atoms with Crippen molar-refractivity contribution in [2.24, 2.45) is 5.92 Å². The van der Waals surface area contributed by atoms with Crippen molar-refractivity contribution >= 4 is 11.4 Å². The highest BCUT2D eigenvalue weighted by atomic mass is 16.1. The lowest BCUT2D eigenvalue weighted by atomic mass is 10.1. The maximum atomic E-state index is 12.1.